The van der Waals surface area contributed by atoms with Gasteiger partial charge in [-0.15, -0.1) is 5.10 Å². The standard InChI is InChI=1S/C13H21N5O3/c14-7-10-8-18(17-16-10)9-11(19)15-13(12(20)21)5-3-1-2-4-6-13/h8H,1-7,9,14H2,(H,15,19)(H,20,21). The molecule has 1 fully saturated rings. The monoisotopic (exact) mass is 295 g/mol. The van der Waals surface area contributed by atoms with Gasteiger partial charge in [-0.1, -0.05) is 30.9 Å². The van der Waals surface area contributed by atoms with Crippen molar-refractivity contribution in [1.29, 1.82) is 0 Å². The topological polar surface area (TPSA) is 123 Å². The van der Waals surface area contributed by atoms with Crippen LogP contribution in [0.5, 0.6) is 0 Å². The largest absolute Gasteiger partial charge is 0.480 e. The summed E-state index contributed by atoms with van der Waals surface area (Å²) in [5.74, 6) is -1.33. The van der Waals surface area contributed by atoms with Gasteiger partial charge < -0.3 is 16.2 Å². The Hall–Kier alpha value is -1.96. The highest BCUT2D eigenvalue weighted by Crippen LogP contribution is 2.27. The van der Waals surface area contributed by atoms with Gasteiger partial charge in [0.15, 0.2) is 0 Å². The van der Waals surface area contributed by atoms with Crippen LogP contribution in [0.1, 0.15) is 44.2 Å². The molecule has 1 aromatic rings. The number of nitrogens with one attached hydrogen (secondary N) is 1. The van der Waals surface area contributed by atoms with E-state index in [1.54, 1.807) is 6.20 Å². The summed E-state index contributed by atoms with van der Waals surface area (Å²) in [4.78, 5) is 23.7. The smallest absolute Gasteiger partial charge is 0.329 e. The summed E-state index contributed by atoms with van der Waals surface area (Å²) in [6, 6.07) is 0. The van der Waals surface area contributed by atoms with Gasteiger partial charge in [-0.05, 0) is 12.8 Å². The molecule has 0 aromatic carbocycles. The highest BCUT2D eigenvalue weighted by atomic mass is 16.4. The van der Waals surface area contributed by atoms with E-state index in [0.29, 0.717) is 18.5 Å². The van der Waals surface area contributed by atoms with E-state index in [9.17, 15) is 14.7 Å². The Bertz CT molecular complexity index is 506. The van der Waals surface area contributed by atoms with Gasteiger partial charge >= 0.3 is 5.97 Å². The van der Waals surface area contributed by atoms with Crippen LogP contribution in [-0.2, 0) is 22.7 Å². The number of nitrogens with two attached hydrogens (primary N) is 1. The Balaban J connectivity index is 2.02. The SMILES string of the molecule is NCc1cn(CC(=O)NC2(C(=O)O)CCCCCC2)nn1. The van der Waals surface area contributed by atoms with Crippen molar-refractivity contribution in [2.45, 2.75) is 57.2 Å². The number of rotatable bonds is 5. The third kappa shape index (κ3) is 3.78. The van der Waals surface area contributed by atoms with Crippen LogP contribution in [0.3, 0.4) is 0 Å². The van der Waals surface area contributed by atoms with E-state index in [1.165, 1.54) is 4.68 Å². The molecule has 2 rings (SSSR count). The average molecular weight is 295 g/mol. The Morgan fingerprint density at radius 2 is 2.00 bits per heavy atom. The van der Waals surface area contributed by atoms with Crippen molar-refractivity contribution >= 4 is 11.9 Å². The lowest BCUT2D eigenvalue weighted by Gasteiger charge is -2.29. The predicted octanol–water partition coefficient (Wildman–Crippen LogP) is 0.0306. The van der Waals surface area contributed by atoms with E-state index in [2.05, 4.69) is 15.6 Å². The van der Waals surface area contributed by atoms with Crippen molar-refractivity contribution in [3.05, 3.63) is 11.9 Å². The molecule has 0 atom stereocenters. The molecule has 1 amide bonds. The van der Waals surface area contributed by atoms with Crippen LogP contribution < -0.4 is 11.1 Å². The first kappa shape index (κ1) is 15.4. The van der Waals surface area contributed by atoms with E-state index in [-0.39, 0.29) is 19.0 Å². The molecule has 0 spiro atoms. The molecule has 0 bridgehead atoms. The molecule has 0 unspecified atom stereocenters. The summed E-state index contributed by atoms with van der Waals surface area (Å²) in [6.07, 6.45) is 6.17. The zero-order valence-corrected chi connectivity index (χ0v) is 11.9. The first-order valence-corrected chi connectivity index (χ1v) is 7.19. The zero-order valence-electron chi connectivity index (χ0n) is 11.9. The van der Waals surface area contributed by atoms with Crippen molar-refractivity contribution < 1.29 is 14.7 Å². The van der Waals surface area contributed by atoms with Crippen molar-refractivity contribution in [2.75, 3.05) is 0 Å². The van der Waals surface area contributed by atoms with E-state index < -0.39 is 11.5 Å². The molecule has 1 heterocycles. The lowest BCUT2D eigenvalue weighted by atomic mass is 9.90. The number of carboxylic acids is 1. The number of hydrogen-bond donors (Lipinski definition) is 3. The molecule has 21 heavy (non-hydrogen) atoms. The minimum Gasteiger partial charge on any atom is -0.480 e. The first-order valence-electron chi connectivity index (χ1n) is 7.19. The van der Waals surface area contributed by atoms with Gasteiger partial charge in [-0.3, -0.25) is 4.79 Å². The molecule has 1 aromatic heterocycles. The van der Waals surface area contributed by atoms with Crippen LogP contribution >= 0.6 is 0 Å². The second-order valence-corrected chi connectivity index (χ2v) is 5.46. The van der Waals surface area contributed by atoms with Gasteiger partial charge in [0.25, 0.3) is 0 Å². The fourth-order valence-corrected chi connectivity index (χ4v) is 2.69. The van der Waals surface area contributed by atoms with Crippen molar-refractivity contribution in [3.63, 3.8) is 0 Å². The molecule has 1 aliphatic rings. The number of hydrogen-bond acceptors (Lipinski definition) is 5. The maximum Gasteiger partial charge on any atom is 0.329 e. The van der Waals surface area contributed by atoms with Crippen LogP contribution in [0.15, 0.2) is 6.20 Å². The summed E-state index contributed by atoms with van der Waals surface area (Å²) >= 11 is 0. The molecule has 1 aliphatic carbocycles. The second-order valence-electron chi connectivity index (χ2n) is 5.46. The highest BCUT2D eigenvalue weighted by molar-refractivity contribution is 5.86. The quantitative estimate of drug-likeness (QED) is 0.658. The van der Waals surface area contributed by atoms with Gasteiger partial charge in [0, 0.05) is 6.54 Å². The summed E-state index contributed by atoms with van der Waals surface area (Å²) < 4.78 is 1.36. The summed E-state index contributed by atoms with van der Waals surface area (Å²) in [5, 5.41) is 19.8. The molecule has 4 N–H and O–H groups in total. The maximum atomic E-state index is 12.1. The van der Waals surface area contributed by atoms with Crippen LogP contribution in [-0.4, -0.2) is 37.5 Å². The van der Waals surface area contributed by atoms with E-state index >= 15 is 0 Å². The van der Waals surface area contributed by atoms with Gasteiger partial charge in [-0.2, -0.15) is 0 Å². The number of aliphatic carboxylic acids is 1. The lowest BCUT2D eigenvalue weighted by molar-refractivity contribution is -0.148. The van der Waals surface area contributed by atoms with Gasteiger partial charge in [0.1, 0.15) is 12.1 Å². The molecule has 1 saturated carbocycles. The maximum absolute atomic E-state index is 12.1. The summed E-state index contributed by atoms with van der Waals surface area (Å²) in [7, 11) is 0. The molecular formula is C13H21N5O3. The Morgan fingerprint density at radius 3 is 2.52 bits per heavy atom. The van der Waals surface area contributed by atoms with Crippen LogP contribution in [0, 0.1) is 0 Å². The van der Waals surface area contributed by atoms with Crippen molar-refractivity contribution in [2.24, 2.45) is 5.73 Å². The number of amides is 1. The van der Waals surface area contributed by atoms with Crippen molar-refractivity contribution in [1.82, 2.24) is 20.3 Å². The van der Waals surface area contributed by atoms with Crippen LogP contribution in [0.4, 0.5) is 0 Å². The molecule has 0 radical (unpaired) electrons. The highest BCUT2D eigenvalue weighted by Gasteiger charge is 2.39. The van der Waals surface area contributed by atoms with Gasteiger partial charge in [-0.25, -0.2) is 9.48 Å². The number of carbonyl (C=O) groups is 2. The van der Waals surface area contributed by atoms with E-state index in [4.69, 9.17) is 5.73 Å². The van der Waals surface area contributed by atoms with Crippen LogP contribution in [0.25, 0.3) is 0 Å². The van der Waals surface area contributed by atoms with E-state index in [0.717, 1.165) is 25.7 Å². The fraction of sp³-hybridized carbons (Fsp3) is 0.692. The molecule has 8 nitrogen and oxygen atoms in total. The molecule has 0 aliphatic heterocycles. The lowest BCUT2D eigenvalue weighted by Crippen LogP contribution is -2.55. The number of carboxylic acid groups (broad SMARTS) is 1. The van der Waals surface area contributed by atoms with Crippen LogP contribution in [0.2, 0.25) is 0 Å². The van der Waals surface area contributed by atoms with Gasteiger partial charge in [0.2, 0.25) is 5.91 Å². The Labute approximate surface area is 122 Å². The van der Waals surface area contributed by atoms with E-state index in [1.807, 2.05) is 0 Å². The summed E-state index contributed by atoms with van der Waals surface area (Å²) in [5.41, 5.74) is 4.87. The average Bonchev–Trinajstić information content (AvgIpc) is 2.75. The molecular weight excluding hydrogens is 274 g/mol. The zero-order chi connectivity index (χ0) is 15.3. The minimum atomic E-state index is -1.15. The molecule has 0 saturated heterocycles. The number of nitrogens with zero attached hydrogens (tertiary/aromatic N) is 3. The number of carbonyl (C=O) groups excluding carboxylic acids is 1. The third-order valence-corrected chi connectivity index (χ3v) is 3.85. The second kappa shape index (κ2) is 6.66. The Kier molecular flexibility index (Phi) is 4.89. The van der Waals surface area contributed by atoms with Gasteiger partial charge in [0.05, 0.1) is 11.9 Å². The predicted molar refractivity (Wildman–Crippen MR) is 74.1 cm³/mol. The summed E-state index contributed by atoms with van der Waals surface area (Å²) in [6.45, 7) is 0.197. The molecule has 116 valence electrons. The fourth-order valence-electron chi connectivity index (χ4n) is 2.69. The van der Waals surface area contributed by atoms with Crippen molar-refractivity contribution in [3.8, 4) is 0 Å². The Morgan fingerprint density at radius 1 is 1.33 bits per heavy atom. The molecule has 8 heteroatoms. The number of aromatic nitrogens is 3. The third-order valence-electron chi connectivity index (χ3n) is 3.85. The first-order chi connectivity index (χ1) is 10.1. The normalized spacial score (nSPS) is 18.0. The minimum absolute atomic E-state index is 0.0535.